The lowest BCUT2D eigenvalue weighted by Gasteiger charge is -2.34. The predicted molar refractivity (Wildman–Crippen MR) is 102 cm³/mol. The molecule has 0 saturated carbocycles. The number of aliphatic hydroxyl groups excluding tert-OH is 1. The van der Waals surface area contributed by atoms with Gasteiger partial charge in [0.2, 0.25) is 0 Å². The Labute approximate surface area is 148 Å². The molecule has 0 spiro atoms. The molecular formula is C19H27N3OS. The van der Waals surface area contributed by atoms with Gasteiger partial charge in [-0.15, -0.1) is 11.3 Å². The molecule has 0 aliphatic carbocycles. The van der Waals surface area contributed by atoms with Crippen LogP contribution in [0.1, 0.15) is 36.9 Å². The summed E-state index contributed by atoms with van der Waals surface area (Å²) in [6, 6.07) is 8.51. The molecule has 1 aromatic heterocycles. The van der Waals surface area contributed by atoms with Crippen LogP contribution in [0.25, 0.3) is 0 Å². The minimum atomic E-state index is 0.317. The summed E-state index contributed by atoms with van der Waals surface area (Å²) in [6.07, 6.45) is 4.35. The predicted octanol–water partition coefficient (Wildman–Crippen LogP) is 3.92. The second-order valence-electron chi connectivity index (χ2n) is 6.47. The maximum Gasteiger partial charge on any atom is 0.0928 e. The highest BCUT2D eigenvalue weighted by molar-refractivity contribution is 7.09. The van der Waals surface area contributed by atoms with Gasteiger partial charge in [-0.1, -0.05) is 19.1 Å². The highest BCUT2D eigenvalue weighted by Gasteiger charge is 2.20. The molecule has 1 aliphatic heterocycles. The monoisotopic (exact) mass is 345 g/mol. The number of hydrogen-bond acceptors (Lipinski definition) is 5. The zero-order valence-corrected chi connectivity index (χ0v) is 15.2. The van der Waals surface area contributed by atoms with Gasteiger partial charge in [0.1, 0.15) is 0 Å². The lowest BCUT2D eigenvalue weighted by Crippen LogP contribution is -2.35. The van der Waals surface area contributed by atoms with E-state index in [1.54, 1.807) is 11.3 Å². The van der Waals surface area contributed by atoms with Crippen molar-refractivity contribution in [2.45, 2.75) is 39.2 Å². The molecule has 3 rings (SSSR count). The number of nitrogens with one attached hydrogen (secondary N) is 1. The lowest BCUT2D eigenvalue weighted by atomic mass is 9.97. The molecule has 2 aromatic rings. The van der Waals surface area contributed by atoms with Crippen LogP contribution in [0.2, 0.25) is 0 Å². The molecule has 1 saturated heterocycles. The molecule has 4 nitrogen and oxygen atoms in total. The summed E-state index contributed by atoms with van der Waals surface area (Å²) >= 11 is 1.76. The second-order valence-corrected chi connectivity index (χ2v) is 7.41. The largest absolute Gasteiger partial charge is 0.396 e. The van der Waals surface area contributed by atoms with E-state index in [2.05, 4.69) is 46.8 Å². The number of anilines is 2. The first kappa shape index (κ1) is 17.2. The SMILES string of the molecule is CCCc1nc(CNc2ccccc2N2CCC(CO)CC2)cs1. The van der Waals surface area contributed by atoms with Crippen molar-refractivity contribution in [2.24, 2.45) is 5.92 Å². The van der Waals surface area contributed by atoms with E-state index in [0.717, 1.165) is 51.0 Å². The van der Waals surface area contributed by atoms with Gasteiger partial charge in [-0.25, -0.2) is 4.98 Å². The zero-order valence-electron chi connectivity index (χ0n) is 14.4. The number of thiazole rings is 1. The normalized spacial score (nSPS) is 15.7. The number of rotatable bonds is 7. The van der Waals surface area contributed by atoms with Gasteiger partial charge in [-0.05, 0) is 43.7 Å². The molecule has 0 atom stereocenters. The van der Waals surface area contributed by atoms with Gasteiger partial charge in [-0.2, -0.15) is 0 Å². The van der Waals surface area contributed by atoms with Crippen LogP contribution in [0.15, 0.2) is 29.6 Å². The Morgan fingerprint density at radius 2 is 2.08 bits per heavy atom. The van der Waals surface area contributed by atoms with Crippen LogP contribution >= 0.6 is 11.3 Å². The number of aryl methyl sites for hydroxylation is 1. The third-order valence-corrected chi connectivity index (χ3v) is 5.60. The number of hydrogen-bond donors (Lipinski definition) is 2. The first-order valence-electron chi connectivity index (χ1n) is 8.92. The fraction of sp³-hybridized carbons (Fsp3) is 0.526. The van der Waals surface area contributed by atoms with Gasteiger partial charge in [0, 0.05) is 25.1 Å². The molecule has 0 radical (unpaired) electrons. The highest BCUT2D eigenvalue weighted by Crippen LogP contribution is 2.30. The summed E-state index contributed by atoms with van der Waals surface area (Å²) < 4.78 is 0. The van der Waals surface area contributed by atoms with E-state index in [1.165, 1.54) is 16.4 Å². The Bertz CT molecular complexity index is 635. The van der Waals surface area contributed by atoms with Crippen molar-refractivity contribution in [2.75, 3.05) is 29.9 Å². The summed E-state index contributed by atoms with van der Waals surface area (Å²) in [5, 5.41) is 16.3. The summed E-state index contributed by atoms with van der Waals surface area (Å²) in [4.78, 5) is 7.12. The Morgan fingerprint density at radius 3 is 2.83 bits per heavy atom. The van der Waals surface area contributed by atoms with Crippen LogP contribution in [-0.2, 0) is 13.0 Å². The van der Waals surface area contributed by atoms with Gasteiger partial charge in [0.25, 0.3) is 0 Å². The Kier molecular flexibility index (Phi) is 6.10. The number of aliphatic hydroxyl groups is 1. The van der Waals surface area contributed by atoms with Crippen LogP contribution < -0.4 is 10.2 Å². The number of piperidine rings is 1. The maximum absolute atomic E-state index is 9.32. The molecule has 24 heavy (non-hydrogen) atoms. The first-order valence-corrected chi connectivity index (χ1v) is 9.80. The van der Waals surface area contributed by atoms with Crippen molar-refractivity contribution in [3.63, 3.8) is 0 Å². The van der Waals surface area contributed by atoms with Gasteiger partial charge < -0.3 is 15.3 Å². The molecule has 0 amide bonds. The topological polar surface area (TPSA) is 48.4 Å². The van der Waals surface area contributed by atoms with Gasteiger partial charge in [-0.3, -0.25) is 0 Å². The number of aromatic nitrogens is 1. The van der Waals surface area contributed by atoms with E-state index in [4.69, 9.17) is 4.98 Å². The van der Waals surface area contributed by atoms with Gasteiger partial charge in [0.05, 0.1) is 28.6 Å². The van der Waals surface area contributed by atoms with Crippen LogP contribution in [0.3, 0.4) is 0 Å². The van der Waals surface area contributed by atoms with Crippen LogP contribution in [0.5, 0.6) is 0 Å². The number of para-hydroxylation sites is 2. The highest BCUT2D eigenvalue weighted by atomic mass is 32.1. The van der Waals surface area contributed by atoms with Gasteiger partial charge >= 0.3 is 0 Å². The molecule has 0 unspecified atom stereocenters. The molecule has 1 aromatic carbocycles. The fourth-order valence-electron chi connectivity index (χ4n) is 3.20. The molecule has 1 fully saturated rings. The molecule has 2 heterocycles. The maximum atomic E-state index is 9.32. The number of benzene rings is 1. The van der Waals surface area contributed by atoms with Crippen molar-refractivity contribution in [1.82, 2.24) is 4.98 Å². The summed E-state index contributed by atoms with van der Waals surface area (Å²) in [5.41, 5.74) is 3.56. The summed E-state index contributed by atoms with van der Waals surface area (Å²) in [6.45, 7) is 5.31. The van der Waals surface area contributed by atoms with Crippen LogP contribution in [0.4, 0.5) is 11.4 Å². The zero-order chi connectivity index (χ0) is 16.8. The third-order valence-electron chi connectivity index (χ3n) is 4.64. The van der Waals surface area contributed by atoms with E-state index < -0.39 is 0 Å². The average Bonchev–Trinajstić information content (AvgIpc) is 3.08. The quantitative estimate of drug-likeness (QED) is 0.798. The van der Waals surface area contributed by atoms with E-state index in [0.29, 0.717) is 12.5 Å². The third kappa shape index (κ3) is 4.28. The molecule has 1 aliphatic rings. The van der Waals surface area contributed by atoms with Crippen LogP contribution in [-0.4, -0.2) is 29.8 Å². The van der Waals surface area contributed by atoms with Crippen molar-refractivity contribution in [3.8, 4) is 0 Å². The molecular weight excluding hydrogens is 318 g/mol. The summed E-state index contributed by atoms with van der Waals surface area (Å²) in [7, 11) is 0. The van der Waals surface area contributed by atoms with Crippen LogP contribution in [0, 0.1) is 5.92 Å². The van der Waals surface area contributed by atoms with E-state index in [-0.39, 0.29) is 0 Å². The Balaban J connectivity index is 1.63. The standard InChI is InChI=1S/C19H27N3OS/c1-2-5-19-21-16(14-24-19)12-20-17-6-3-4-7-18(17)22-10-8-15(13-23)9-11-22/h3-4,6-7,14-15,20,23H,2,5,8-13H2,1H3. The Hall–Kier alpha value is -1.59. The Morgan fingerprint density at radius 1 is 1.29 bits per heavy atom. The smallest absolute Gasteiger partial charge is 0.0928 e. The van der Waals surface area contributed by atoms with Gasteiger partial charge in [0.15, 0.2) is 0 Å². The minimum absolute atomic E-state index is 0.317. The fourth-order valence-corrected chi connectivity index (χ4v) is 4.10. The molecule has 5 heteroatoms. The van der Waals surface area contributed by atoms with E-state index >= 15 is 0 Å². The number of nitrogens with zero attached hydrogens (tertiary/aromatic N) is 2. The van der Waals surface area contributed by atoms with Crippen molar-refractivity contribution in [3.05, 3.63) is 40.3 Å². The van der Waals surface area contributed by atoms with E-state index in [1.807, 2.05) is 0 Å². The summed E-state index contributed by atoms with van der Waals surface area (Å²) in [5.74, 6) is 0.466. The average molecular weight is 346 g/mol. The minimum Gasteiger partial charge on any atom is -0.396 e. The molecule has 0 bridgehead atoms. The molecule has 2 N–H and O–H groups in total. The second kappa shape index (κ2) is 8.49. The lowest BCUT2D eigenvalue weighted by molar-refractivity contribution is 0.203. The van der Waals surface area contributed by atoms with Crippen molar-refractivity contribution in [1.29, 1.82) is 0 Å². The molecule has 130 valence electrons. The van der Waals surface area contributed by atoms with E-state index in [9.17, 15) is 5.11 Å². The van der Waals surface area contributed by atoms with Crippen molar-refractivity contribution >= 4 is 22.7 Å². The first-order chi connectivity index (χ1) is 11.8. The van der Waals surface area contributed by atoms with Crippen molar-refractivity contribution < 1.29 is 5.11 Å².